The number of benzene rings is 2. The Balaban J connectivity index is 1.90. The molecular formula is C19H20N2O3. The van der Waals surface area contributed by atoms with Crippen LogP contribution < -0.4 is 10.2 Å². The molecule has 2 aromatic rings. The summed E-state index contributed by atoms with van der Waals surface area (Å²) in [4.78, 5) is 26.8. The van der Waals surface area contributed by atoms with E-state index in [-0.39, 0.29) is 17.6 Å². The van der Waals surface area contributed by atoms with Crippen LogP contribution in [-0.2, 0) is 16.0 Å². The highest BCUT2D eigenvalue weighted by Crippen LogP contribution is 2.32. The Morgan fingerprint density at radius 1 is 1.17 bits per heavy atom. The van der Waals surface area contributed by atoms with Crippen molar-refractivity contribution in [3.8, 4) is 5.75 Å². The quantitative estimate of drug-likeness (QED) is 0.853. The third-order valence-electron chi connectivity index (χ3n) is 4.29. The van der Waals surface area contributed by atoms with E-state index in [0.717, 1.165) is 17.7 Å². The molecule has 1 aliphatic heterocycles. The van der Waals surface area contributed by atoms with E-state index in [4.69, 9.17) is 0 Å². The van der Waals surface area contributed by atoms with Gasteiger partial charge in [-0.2, -0.15) is 0 Å². The van der Waals surface area contributed by atoms with E-state index >= 15 is 0 Å². The minimum atomic E-state index is -0.577. The lowest BCUT2D eigenvalue weighted by Gasteiger charge is -2.36. The Kier molecular flexibility index (Phi) is 4.51. The fourth-order valence-electron chi connectivity index (χ4n) is 3.07. The number of aryl methyl sites for hydroxylation is 1. The van der Waals surface area contributed by atoms with Gasteiger partial charge in [0.25, 0.3) is 0 Å². The topological polar surface area (TPSA) is 69.6 Å². The van der Waals surface area contributed by atoms with Crippen molar-refractivity contribution in [1.29, 1.82) is 0 Å². The van der Waals surface area contributed by atoms with Gasteiger partial charge in [-0.1, -0.05) is 37.3 Å². The van der Waals surface area contributed by atoms with Gasteiger partial charge in [-0.25, -0.2) is 0 Å². The number of rotatable bonds is 3. The number of carbonyl (C=O) groups is 2. The fraction of sp³-hybridized carbons (Fsp3) is 0.263. The van der Waals surface area contributed by atoms with E-state index in [2.05, 4.69) is 5.32 Å². The molecule has 0 saturated heterocycles. The summed E-state index contributed by atoms with van der Waals surface area (Å²) in [6.07, 6.45) is 1.62. The smallest absolute Gasteiger partial charge is 0.247 e. The van der Waals surface area contributed by atoms with Crippen molar-refractivity contribution >= 4 is 23.2 Å². The lowest BCUT2D eigenvalue weighted by molar-refractivity contribution is -0.123. The van der Waals surface area contributed by atoms with E-state index in [1.54, 1.807) is 30.0 Å². The summed E-state index contributed by atoms with van der Waals surface area (Å²) in [5, 5.41) is 12.6. The van der Waals surface area contributed by atoms with Crippen LogP contribution in [0.15, 0.2) is 48.5 Å². The number of hydrogen-bond donors (Lipinski definition) is 2. The molecule has 0 radical (unpaired) electrons. The number of anilines is 2. The summed E-state index contributed by atoms with van der Waals surface area (Å²) in [5.41, 5.74) is 2.23. The Morgan fingerprint density at radius 2 is 1.88 bits per heavy atom. The van der Waals surface area contributed by atoms with Gasteiger partial charge in [-0.3, -0.25) is 14.5 Å². The van der Waals surface area contributed by atoms with Gasteiger partial charge in [0.15, 0.2) is 0 Å². The molecule has 2 aromatic carbocycles. The molecule has 1 atom stereocenters. The normalized spacial score (nSPS) is 16.4. The number of aromatic hydroxyl groups is 1. The van der Waals surface area contributed by atoms with Crippen molar-refractivity contribution in [1.82, 2.24) is 0 Å². The Morgan fingerprint density at radius 3 is 2.62 bits per heavy atom. The third-order valence-corrected chi connectivity index (χ3v) is 4.29. The minimum absolute atomic E-state index is 0.00966. The molecule has 3 rings (SSSR count). The van der Waals surface area contributed by atoms with E-state index < -0.39 is 6.04 Å². The van der Waals surface area contributed by atoms with Crippen LogP contribution >= 0.6 is 0 Å². The van der Waals surface area contributed by atoms with Crippen molar-refractivity contribution in [2.24, 2.45) is 0 Å². The van der Waals surface area contributed by atoms with Crippen LogP contribution in [0.25, 0.3) is 0 Å². The first-order valence-electron chi connectivity index (χ1n) is 8.10. The van der Waals surface area contributed by atoms with Crippen LogP contribution in [0.2, 0.25) is 0 Å². The van der Waals surface area contributed by atoms with Crippen molar-refractivity contribution in [2.45, 2.75) is 32.2 Å². The molecule has 0 fully saturated rings. The van der Waals surface area contributed by atoms with E-state index in [9.17, 15) is 14.7 Å². The fourth-order valence-corrected chi connectivity index (χ4v) is 3.07. The van der Waals surface area contributed by atoms with Gasteiger partial charge in [0.05, 0.1) is 5.69 Å². The summed E-state index contributed by atoms with van der Waals surface area (Å²) < 4.78 is 0. The second-order valence-electron chi connectivity index (χ2n) is 5.81. The second-order valence-corrected chi connectivity index (χ2v) is 5.81. The van der Waals surface area contributed by atoms with Crippen LogP contribution in [0.5, 0.6) is 5.75 Å². The zero-order valence-electron chi connectivity index (χ0n) is 13.5. The molecule has 0 aliphatic carbocycles. The van der Waals surface area contributed by atoms with Gasteiger partial charge in [-0.15, -0.1) is 0 Å². The molecule has 2 N–H and O–H groups in total. The van der Waals surface area contributed by atoms with E-state index in [1.807, 2.05) is 24.3 Å². The highest BCUT2D eigenvalue weighted by molar-refractivity contribution is 6.06. The number of amides is 2. The number of nitrogens with one attached hydrogen (secondary N) is 1. The summed E-state index contributed by atoms with van der Waals surface area (Å²) in [6.45, 7) is 1.79. The van der Waals surface area contributed by atoms with Gasteiger partial charge in [0.2, 0.25) is 11.8 Å². The molecule has 2 amide bonds. The molecule has 124 valence electrons. The van der Waals surface area contributed by atoms with Gasteiger partial charge < -0.3 is 10.4 Å². The molecule has 0 saturated carbocycles. The highest BCUT2D eigenvalue weighted by atomic mass is 16.3. The summed E-state index contributed by atoms with van der Waals surface area (Å²) in [5.74, 6) is -0.359. The Labute approximate surface area is 140 Å². The van der Waals surface area contributed by atoms with Crippen molar-refractivity contribution in [2.75, 3.05) is 10.2 Å². The van der Waals surface area contributed by atoms with Crippen LogP contribution in [0.3, 0.4) is 0 Å². The number of hydrogen-bond acceptors (Lipinski definition) is 3. The second kappa shape index (κ2) is 6.74. The Hall–Kier alpha value is -2.82. The predicted octanol–water partition coefficient (Wildman–Crippen LogP) is 3.09. The standard InChI is InChI=1S/C19H20N2O3/c1-2-18(23)21-15-9-5-3-7-13(15)11-12-16(21)19(24)20-14-8-4-6-10-17(14)22/h3-10,16,22H,2,11-12H2,1H3,(H,20,24). The average Bonchev–Trinajstić information content (AvgIpc) is 2.62. The molecule has 5 nitrogen and oxygen atoms in total. The maximum atomic E-state index is 12.7. The zero-order chi connectivity index (χ0) is 17.1. The van der Waals surface area contributed by atoms with Crippen LogP contribution in [-0.4, -0.2) is 23.0 Å². The number of carbonyl (C=O) groups excluding carboxylic acids is 2. The lowest BCUT2D eigenvalue weighted by atomic mass is 9.94. The number of phenols is 1. The monoisotopic (exact) mass is 324 g/mol. The lowest BCUT2D eigenvalue weighted by Crippen LogP contribution is -2.50. The van der Waals surface area contributed by atoms with Gasteiger partial charge in [0, 0.05) is 12.1 Å². The maximum absolute atomic E-state index is 12.7. The number of para-hydroxylation sites is 3. The molecule has 24 heavy (non-hydrogen) atoms. The average molecular weight is 324 g/mol. The van der Waals surface area contributed by atoms with Crippen LogP contribution in [0.4, 0.5) is 11.4 Å². The van der Waals surface area contributed by atoms with Crippen LogP contribution in [0, 0.1) is 0 Å². The van der Waals surface area contributed by atoms with Gasteiger partial charge in [0.1, 0.15) is 11.8 Å². The molecule has 0 aromatic heterocycles. The SMILES string of the molecule is CCC(=O)N1c2ccccc2CCC1C(=O)Nc1ccccc1O. The van der Waals surface area contributed by atoms with Crippen LogP contribution in [0.1, 0.15) is 25.3 Å². The highest BCUT2D eigenvalue weighted by Gasteiger charge is 2.34. The molecular weight excluding hydrogens is 304 g/mol. The summed E-state index contributed by atoms with van der Waals surface area (Å²) >= 11 is 0. The minimum Gasteiger partial charge on any atom is -0.506 e. The largest absolute Gasteiger partial charge is 0.506 e. The molecule has 5 heteroatoms. The van der Waals surface area contributed by atoms with Crippen molar-refractivity contribution in [3.63, 3.8) is 0 Å². The van der Waals surface area contributed by atoms with Crippen molar-refractivity contribution < 1.29 is 14.7 Å². The molecule has 1 heterocycles. The third kappa shape index (κ3) is 2.97. The first-order chi connectivity index (χ1) is 11.6. The molecule has 0 spiro atoms. The molecule has 0 bridgehead atoms. The van der Waals surface area contributed by atoms with Gasteiger partial charge >= 0.3 is 0 Å². The predicted molar refractivity (Wildman–Crippen MR) is 93.1 cm³/mol. The van der Waals surface area contributed by atoms with E-state index in [0.29, 0.717) is 18.5 Å². The number of fused-ring (bicyclic) bond motifs is 1. The maximum Gasteiger partial charge on any atom is 0.247 e. The zero-order valence-corrected chi connectivity index (χ0v) is 13.5. The Bertz CT molecular complexity index is 773. The number of nitrogens with zero attached hydrogens (tertiary/aromatic N) is 1. The summed E-state index contributed by atoms with van der Waals surface area (Å²) in [6, 6.07) is 13.7. The first-order valence-corrected chi connectivity index (χ1v) is 8.10. The van der Waals surface area contributed by atoms with Crippen molar-refractivity contribution in [3.05, 3.63) is 54.1 Å². The molecule has 1 unspecified atom stereocenters. The number of phenolic OH excluding ortho intramolecular Hbond substituents is 1. The van der Waals surface area contributed by atoms with Gasteiger partial charge in [-0.05, 0) is 36.6 Å². The van der Waals surface area contributed by atoms with E-state index in [1.165, 1.54) is 6.07 Å². The summed E-state index contributed by atoms with van der Waals surface area (Å²) in [7, 11) is 0. The molecule has 1 aliphatic rings. The first kappa shape index (κ1) is 16.1.